The van der Waals surface area contributed by atoms with Gasteiger partial charge in [-0.1, -0.05) is 6.07 Å². The van der Waals surface area contributed by atoms with Crippen LogP contribution in [0.5, 0.6) is 0 Å². The number of fused-ring (bicyclic) bond motifs is 1. The molecule has 0 aliphatic carbocycles. The fourth-order valence-electron chi connectivity index (χ4n) is 4.25. The molecule has 0 saturated carbocycles. The van der Waals surface area contributed by atoms with Crippen LogP contribution in [0, 0.1) is 0 Å². The molecule has 4 rings (SSSR count). The molecule has 1 aromatic heterocycles. The second-order valence-electron chi connectivity index (χ2n) is 8.85. The van der Waals surface area contributed by atoms with Crippen LogP contribution in [0.3, 0.4) is 0 Å². The molecule has 12 heteroatoms. The van der Waals surface area contributed by atoms with Crippen molar-refractivity contribution in [2.75, 3.05) is 17.8 Å². The Balaban J connectivity index is 1.37. The van der Waals surface area contributed by atoms with E-state index in [-0.39, 0.29) is 60.8 Å². The zero-order valence-electron chi connectivity index (χ0n) is 19.2. The van der Waals surface area contributed by atoms with Crippen LogP contribution in [-0.4, -0.2) is 59.2 Å². The van der Waals surface area contributed by atoms with E-state index in [0.717, 1.165) is 0 Å². The molecule has 36 heavy (non-hydrogen) atoms. The minimum atomic E-state index is -4.25. The van der Waals surface area contributed by atoms with E-state index in [2.05, 4.69) is 14.7 Å². The second kappa shape index (κ2) is 10.0. The van der Waals surface area contributed by atoms with Crippen molar-refractivity contribution in [2.24, 2.45) is 0 Å². The maximum atomic E-state index is 12.9. The smallest absolute Gasteiger partial charge is 0.389 e. The van der Waals surface area contributed by atoms with E-state index in [1.165, 1.54) is 47.6 Å². The number of sulfonamides is 1. The molecule has 8 nitrogen and oxygen atoms in total. The molecule has 3 aromatic rings. The van der Waals surface area contributed by atoms with E-state index in [4.69, 9.17) is 0 Å². The summed E-state index contributed by atoms with van der Waals surface area (Å²) >= 11 is 0. The summed E-state index contributed by atoms with van der Waals surface area (Å²) < 4.78 is 65.5. The maximum Gasteiger partial charge on any atom is 0.389 e. The average Bonchev–Trinajstić information content (AvgIpc) is 2.83. The molecule has 0 radical (unpaired) electrons. The van der Waals surface area contributed by atoms with Gasteiger partial charge in [-0.3, -0.25) is 19.5 Å². The van der Waals surface area contributed by atoms with Crippen molar-refractivity contribution in [3.05, 3.63) is 60.4 Å². The third kappa shape index (κ3) is 6.11. The molecule has 1 amide bonds. The lowest BCUT2D eigenvalue weighted by Gasteiger charge is -2.38. The molecule has 192 valence electrons. The van der Waals surface area contributed by atoms with E-state index in [1.54, 1.807) is 12.1 Å². The molecular formula is C24H25F3N4O4S. The monoisotopic (exact) mass is 522 g/mol. The number of hydrogen-bond acceptors (Lipinski definition) is 6. The summed E-state index contributed by atoms with van der Waals surface area (Å²) in [5, 5.41) is 10.6. The third-order valence-electron chi connectivity index (χ3n) is 6.22. The van der Waals surface area contributed by atoms with Gasteiger partial charge in [0.25, 0.3) is 15.9 Å². The van der Waals surface area contributed by atoms with E-state index in [0.29, 0.717) is 11.1 Å². The molecule has 2 aromatic carbocycles. The Hall–Kier alpha value is -3.25. The Bertz CT molecular complexity index is 1330. The first-order valence-electron chi connectivity index (χ1n) is 11.4. The highest BCUT2D eigenvalue weighted by molar-refractivity contribution is 7.93. The fourth-order valence-corrected chi connectivity index (χ4v) is 5.48. The number of aliphatic hydroxyl groups is 1. The van der Waals surface area contributed by atoms with Gasteiger partial charge in [0.1, 0.15) is 10.4 Å². The number of piperidine rings is 1. The maximum absolute atomic E-state index is 12.9. The zero-order chi connectivity index (χ0) is 26.0. The molecule has 1 aliphatic heterocycles. The quantitative estimate of drug-likeness (QED) is 0.483. The lowest BCUT2D eigenvalue weighted by atomic mass is 9.86. The normalized spacial score (nSPS) is 16.2. The van der Waals surface area contributed by atoms with Crippen LogP contribution in [0.25, 0.3) is 11.0 Å². The summed E-state index contributed by atoms with van der Waals surface area (Å²) in [7, 11) is -3.97. The lowest BCUT2D eigenvalue weighted by Crippen LogP contribution is -2.46. The van der Waals surface area contributed by atoms with Gasteiger partial charge in [0.2, 0.25) is 0 Å². The van der Waals surface area contributed by atoms with Gasteiger partial charge in [0.15, 0.2) is 0 Å². The molecular weight excluding hydrogens is 497 g/mol. The van der Waals surface area contributed by atoms with Crippen LogP contribution in [0.4, 0.5) is 18.9 Å². The van der Waals surface area contributed by atoms with Gasteiger partial charge in [-0.05, 0) is 62.1 Å². The minimum absolute atomic E-state index is 0.0238. The number of nitrogens with zero attached hydrogens (tertiary/aromatic N) is 3. The molecule has 0 unspecified atom stereocenters. The number of halogens is 3. The highest BCUT2D eigenvalue weighted by atomic mass is 32.2. The van der Waals surface area contributed by atoms with Crippen LogP contribution in [0.1, 0.15) is 42.5 Å². The SMILES string of the molecule is O=C(c1ccc(NS(=O)(=O)c2cccc3nccnc23)cc1)N1CCC(O)(CCCC(F)(F)F)CC1. The number of para-hydroxylation sites is 1. The summed E-state index contributed by atoms with van der Waals surface area (Å²) in [5.41, 5.74) is 0.0513. The standard InChI is InChI=1S/C24H25F3N4O4S/c25-24(26,27)10-2-9-23(33)11-15-31(16-12-23)22(32)17-5-7-18(8-6-17)30-36(34,35)20-4-1-3-19-21(20)29-14-13-28-19/h1,3-8,13-14,30,33H,2,9-12,15-16H2. The Kier molecular flexibility index (Phi) is 7.19. The summed E-state index contributed by atoms with van der Waals surface area (Å²) in [5.74, 6) is -0.300. The molecule has 0 spiro atoms. The van der Waals surface area contributed by atoms with Crippen molar-refractivity contribution < 1.29 is 31.5 Å². The molecule has 1 fully saturated rings. The number of nitrogens with one attached hydrogen (secondary N) is 1. The van der Waals surface area contributed by atoms with Gasteiger partial charge < -0.3 is 10.0 Å². The first kappa shape index (κ1) is 25.8. The molecule has 1 saturated heterocycles. The van der Waals surface area contributed by atoms with E-state index < -0.39 is 28.2 Å². The molecule has 0 atom stereocenters. The lowest BCUT2D eigenvalue weighted by molar-refractivity contribution is -0.138. The second-order valence-corrected chi connectivity index (χ2v) is 10.5. The highest BCUT2D eigenvalue weighted by Gasteiger charge is 2.35. The van der Waals surface area contributed by atoms with Gasteiger partial charge in [-0.2, -0.15) is 13.2 Å². The van der Waals surface area contributed by atoms with Crippen LogP contribution in [-0.2, 0) is 10.0 Å². The Morgan fingerprint density at radius 1 is 1.06 bits per heavy atom. The molecule has 2 heterocycles. The van der Waals surface area contributed by atoms with Crippen molar-refractivity contribution >= 4 is 32.7 Å². The minimum Gasteiger partial charge on any atom is -0.390 e. The van der Waals surface area contributed by atoms with Crippen LogP contribution < -0.4 is 4.72 Å². The summed E-state index contributed by atoms with van der Waals surface area (Å²) in [6.07, 6.45) is -2.05. The number of alkyl halides is 3. The first-order valence-corrected chi connectivity index (χ1v) is 12.9. The number of hydrogen-bond donors (Lipinski definition) is 2. The zero-order valence-corrected chi connectivity index (χ0v) is 20.0. The van der Waals surface area contributed by atoms with Crippen LogP contribution in [0.2, 0.25) is 0 Å². The summed E-state index contributed by atoms with van der Waals surface area (Å²) in [6, 6.07) is 10.6. The third-order valence-corrected chi connectivity index (χ3v) is 7.63. The number of carbonyl (C=O) groups excluding carboxylic acids is 1. The van der Waals surface area contributed by atoms with Gasteiger partial charge in [-0.25, -0.2) is 8.42 Å². The number of amides is 1. The number of aromatic nitrogens is 2. The van der Waals surface area contributed by atoms with Crippen molar-refractivity contribution in [3.63, 3.8) is 0 Å². The van der Waals surface area contributed by atoms with Crippen molar-refractivity contribution in [3.8, 4) is 0 Å². The fraction of sp³-hybridized carbons (Fsp3) is 0.375. The Morgan fingerprint density at radius 3 is 2.39 bits per heavy atom. The number of anilines is 1. The Labute approximate surface area is 206 Å². The van der Waals surface area contributed by atoms with Crippen molar-refractivity contribution in [2.45, 2.75) is 48.8 Å². The molecule has 2 N–H and O–H groups in total. The Morgan fingerprint density at radius 2 is 1.72 bits per heavy atom. The van der Waals surface area contributed by atoms with Crippen molar-refractivity contribution in [1.29, 1.82) is 0 Å². The molecule has 1 aliphatic rings. The van der Waals surface area contributed by atoms with Crippen LogP contribution >= 0.6 is 0 Å². The predicted molar refractivity (Wildman–Crippen MR) is 127 cm³/mol. The summed E-state index contributed by atoms with van der Waals surface area (Å²) in [4.78, 5) is 22.6. The predicted octanol–water partition coefficient (Wildman–Crippen LogP) is 4.13. The average molecular weight is 523 g/mol. The van der Waals surface area contributed by atoms with Gasteiger partial charge >= 0.3 is 6.18 Å². The van der Waals surface area contributed by atoms with E-state index in [1.807, 2.05) is 0 Å². The van der Waals surface area contributed by atoms with Gasteiger partial charge in [0, 0.05) is 43.2 Å². The number of rotatable bonds is 7. The van der Waals surface area contributed by atoms with E-state index >= 15 is 0 Å². The van der Waals surface area contributed by atoms with Gasteiger partial charge in [-0.15, -0.1) is 0 Å². The van der Waals surface area contributed by atoms with E-state index in [9.17, 15) is 31.5 Å². The largest absolute Gasteiger partial charge is 0.390 e. The summed E-state index contributed by atoms with van der Waals surface area (Å²) in [6.45, 7) is 0.440. The van der Waals surface area contributed by atoms with Crippen LogP contribution in [0.15, 0.2) is 59.8 Å². The number of likely N-dealkylation sites (tertiary alicyclic amines) is 1. The molecule has 0 bridgehead atoms. The number of benzene rings is 2. The first-order chi connectivity index (χ1) is 17.0. The van der Waals surface area contributed by atoms with Gasteiger partial charge in [0.05, 0.1) is 11.1 Å². The van der Waals surface area contributed by atoms with Crippen molar-refractivity contribution in [1.82, 2.24) is 14.9 Å². The number of carbonyl (C=O) groups is 1. The highest BCUT2D eigenvalue weighted by Crippen LogP contribution is 2.31. The topological polar surface area (TPSA) is 112 Å².